The van der Waals surface area contributed by atoms with Crippen molar-refractivity contribution in [1.29, 1.82) is 0 Å². The van der Waals surface area contributed by atoms with E-state index in [1.54, 1.807) is 24.5 Å². The normalized spacial score (nSPS) is 10.5. The minimum atomic E-state index is -0.102. The number of nitrogens with two attached hydrogens (primary N) is 1. The Labute approximate surface area is 126 Å². The van der Waals surface area contributed by atoms with E-state index < -0.39 is 0 Å². The Morgan fingerprint density at radius 1 is 1.50 bits per heavy atom. The summed E-state index contributed by atoms with van der Waals surface area (Å²) in [7, 11) is 0. The molecule has 1 aromatic heterocycles. The van der Waals surface area contributed by atoms with E-state index in [-0.39, 0.29) is 5.91 Å². The molecule has 0 aliphatic rings. The maximum atomic E-state index is 12.1. The molecule has 0 atom stereocenters. The van der Waals surface area contributed by atoms with Gasteiger partial charge in [-0.2, -0.15) is 0 Å². The lowest BCUT2D eigenvalue weighted by molar-refractivity contribution is 0.0952. The quantitative estimate of drug-likeness (QED) is 0.579. The summed E-state index contributed by atoms with van der Waals surface area (Å²) in [6.45, 7) is 2.45. The first-order valence-electron chi connectivity index (χ1n) is 6.40. The molecular weight excluding hydrogens is 320 g/mol. The van der Waals surface area contributed by atoms with Gasteiger partial charge in [0.25, 0.3) is 5.91 Å². The van der Waals surface area contributed by atoms with Gasteiger partial charge in [-0.25, -0.2) is 4.98 Å². The third-order valence-corrected chi connectivity index (χ3v) is 3.55. The number of H-pyrrole nitrogens is 1. The Bertz CT molecular complexity index is 595. The summed E-state index contributed by atoms with van der Waals surface area (Å²) in [4.78, 5) is 19.3. The number of rotatable bonds is 5. The van der Waals surface area contributed by atoms with Crippen LogP contribution in [0.4, 0.5) is 5.69 Å². The molecule has 2 rings (SSSR count). The van der Waals surface area contributed by atoms with Crippen LogP contribution in [0.3, 0.4) is 0 Å². The second-order valence-corrected chi connectivity index (χ2v) is 5.48. The molecule has 0 bridgehead atoms. The van der Waals surface area contributed by atoms with Gasteiger partial charge in [0, 0.05) is 41.1 Å². The molecule has 0 unspecified atom stereocenters. The van der Waals surface area contributed by atoms with Gasteiger partial charge in [0.15, 0.2) is 0 Å². The van der Waals surface area contributed by atoms with Gasteiger partial charge in [-0.3, -0.25) is 4.79 Å². The lowest BCUT2D eigenvalue weighted by Gasteiger charge is -2.10. The summed E-state index contributed by atoms with van der Waals surface area (Å²) >= 11 is 3.35. The summed E-state index contributed by atoms with van der Waals surface area (Å²) in [6.07, 6.45) is 5.16. The van der Waals surface area contributed by atoms with Crippen molar-refractivity contribution in [3.05, 3.63) is 46.0 Å². The van der Waals surface area contributed by atoms with Crippen LogP contribution in [0.5, 0.6) is 0 Å². The number of hydrogen-bond donors (Lipinski definition) is 3. The first-order valence-corrected chi connectivity index (χ1v) is 7.19. The molecule has 0 spiro atoms. The monoisotopic (exact) mass is 336 g/mol. The van der Waals surface area contributed by atoms with Crippen LogP contribution in [0, 0.1) is 6.92 Å². The minimum absolute atomic E-state index is 0.102. The van der Waals surface area contributed by atoms with E-state index in [1.807, 2.05) is 6.92 Å². The third kappa shape index (κ3) is 3.60. The predicted molar refractivity (Wildman–Crippen MR) is 82.5 cm³/mol. The fourth-order valence-electron chi connectivity index (χ4n) is 1.92. The Kier molecular flexibility index (Phi) is 4.79. The fourth-order valence-corrected chi connectivity index (χ4v) is 2.40. The van der Waals surface area contributed by atoms with Gasteiger partial charge in [0.2, 0.25) is 0 Å². The highest BCUT2D eigenvalue weighted by molar-refractivity contribution is 9.10. The third-order valence-electron chi connectivity index (χ3n) is 3.09. The number of aromatic amines is 1. The molecule has 1 amide bonds. The van der Waals surface area contributed by atoms with Crippen molar-refractivity contribution < 1.29 is 4.79 Å². The Hall–Kier alpha value is -1.82. The predicted octanol–water partition coefficient (Wildman–Crippen LogP) is 2.43. The standard InChI is InChI=1S/C14H17BrN4O/c1-9-11(7-10(15)8-12(9)16)14(20)19-4-2-3-13-17-5-6-18-13/h5-8H,2-4,16H2,1H3,(H,17,18)(H,19,20). The highest BCUT2D eigenvalue weighted by atomic mass is 79.9. The molecule has 0 fully saturated rings. The summed E-state index contributed by atoms with van der Waals surface area (Å²) in [6, 6.07) is 3.58. The van der Waals surface area contributed by atoms with Crippen molar-refractivity contribution in [3.8, 4) is 0 Å². The maximum absolute atomic E-state index is 12.1. The van der Waals surface area contributed by atoms with Crippen LogP contribution >= 0.6 is 15.9 Å². The molecule has 4 N–H and O–H groups in total. The molecule has 0 aliphatic heterocycles. The number of benzene rings is 1. The van der Waals surface area contributed by atoms with Gasteiger partial charge < -0.3 is 16.0 Å². The SMILES string of the molecule is Cc1c(N)cc(Br)cc1C(=O)NCCCc1ncc[nH]1. The second kappa shape index (κ2) is 6.56. The molecule has 0 saturated carbocycles. The largest absolute Gasteiger partial charge is 0.398 e. The van der Waals surface area contributed by atoms with Gasteiger partial charge in [0.1, 0.15) is 5.82 Å². The molecule has 1 heterocycles. The van der Waals surface area contributed by atoms with Crippen molar-refractivity contribution in [2.75, 3.05) is 12.3 Å². The van der Waals surface area contributed by atoms with Gasteiger partial charge in [0.05, 0.1) is 0 Å². The number of hydrogen-bond acceptors (Lipinski definition) is 3. The minimum Gasteiger partial charge on any atom is -0.398 e. The summed E-state index contributed by atoms with van der Waals surface area (Å²) < 4.78 is 0.807. The van der Waals surface area contributed by atoms with Crippen LogP contribution in [0.2, 0.25) is 0 Å². The number of imidazole rings is 1. The zero-order valence-electron chi connectivity index (χ0n) is 11.2. The number of nitrogen functional groups attached to an aromatic ring is 1. The Balaban J connectivity index is 1.89. The van der Waals surface area contributed by atoms with Crippen molar-refractivity contribution >= 4 is 27.5 Å². The number of amides is 1. The van der Waals surface area contributed by atoms with E-state index in [0.717, 1.165) is 28.7 Å². The van der Waals surface area contributed by atoms with E-state index in [0.29, 0.717) is 17.8 Å². The first-order chi connectivity index (χ1) is 9.58. The number of nitrogens with zero attached hydrogens (tertiary/aromatic N) is 1. The molecule has 6 heteroatoms. The van der Waals surface area contributed by atoms with Gasteiger partial charge in [-0.15, -0.1) is 0 Å². The summed E-state index contributed by atoms with van der Waals surface area (Å²) in [5, 5.41) is 2.90. The van der Waals surface area contributed by atoms with E-state index in [4.69, 9.17) is 5.73 Å². The molecule has 5 nitrogen and oxygen atoms in total. The molecule has 1 aromatic carbocycles. The van der Waals surface area contributed by atoms with Crippen LogP contribution in [-0.2, 0) is 6.42 Å². The Morgan fingerprint density at radius 3 is 3.00 bits per heavy atom. The van der Waals surface area contributed by atoms with E-state index in [9.17, 15) is 4.79 Å². The Morgan fingerprint density at radius 2 is 2.30 bits per heavy atom. The van der Waals surface area contributed by atoms with Crippen molar-refractivity contribution in [1.82, 2.24) is 15.3 Å². The molecule has 2 aromatic rings. The number of aryl methyl sites for hydroxylation is 1. The molecule has 106 valence electrons. The molecule has 20 heavy (non-hydrogen) atoms. The lowest BCUT2D eigenvalue weighted by Crippen LogP contribution is -2.25. The van der Waals surface area contributed by atoms with E-state index in [1.165, 1.54) is 0 Å². The van der Waals surface area contributed by atoms with Crippen molar-refractivity contribution in [2.45, 2.75) is 19.8 Å². The van der Waals surface area contributed by atoms with Crippen LogP contribution in [0.25, 0.3) is 0 Å². The van der Waals surface area contributed by atoms with Crippen molar-refractivity contribution in [3.63, 3.8) is 0 Å². The van der Waals surface area contributed by atoms with Gasteiger partial charge in [-0.05, 0) is 31.0 Å². The molecule has 0 saturated heterocycles. The average Bonchev–Trinajstić information content (AvgIpc) is 2.91. The van der Waals surface area contributed by atoms with Crippen LogP contribution < -0.4 is 11.1 Å². The van der Waals surface area contributed by atoms with Gasteiger partial charge >= 0.3 is 0 Å². The van der Waals surface area contributed by atoms with Crippen LogP contribution in [0.1, 0.15) is 28.2 Å². The topological polar surface area (TPSA) is 83.8 Å². The van der Waals surface area contributed by atoms with Crippen molar-refractivity contribution in [2.24, 2.45) is 0 Å². The highest BCUT2D eigenvalue weighted by Gasteiger charge is 2.11. The summed E-state index contributed by atoms with van der Waals surface area (Å²) in [5.41, 5.74) is 7.88. The van der Waals surface area contributed by atoms with Gasteiger partial charge in [-0.1, -0.05) is 15.9 Å². The smallest absolute Gasteiger partial charge is 0.251 e. The number of aromatic nitrogens is 2. The zero-order chi connectivity index (χ0) is 14.5. The van der Waals surface area contributed by atoms with E-state index in [2.05, 4.69) is 31.2 Å². The van der Waals surface area contributed by atoms with E-state index >= 15 is 0 Å². The number of carbonyl (C=O) groups is 1. The molecule has 0 radical (unpaired) electrons. The molecule has 0 aliphatic carbocycles. The number of halogens is 1. The summed E-state index contributed by atoms with van der Waals surface area (Å²) in [5.74, 6) is 0.831. The fraction of sp³-hybridized carbons (Fsp3) is 0.286. The first kappa shape index (κ1) is 14.6. The average molecular weight is 337 g/mol. The second-order valence-electron chi connectivity index (χ2n) is 4.56. The maximum Gasteiger partial charge on any atom is 0.251 e. The zero-order valence-corrected chi connectivity index (χ0v) is 12.8. The van der Waals surface area contributed by atoms with Crippen LogP contribution in [-0.4, -0.2) is 22.4 Å². The highest BCUT2D eigenvalue weighted by Crippen LogP contribution is 2.22. The number of carbonyl (C=O) groups excluding carboxylic acids is 1. The van der Waals surface area contributed by atoms with Crippen LogP contribution in [0.15, 0.2) is 29.0 Å². The number of nitrogens with one attached hydrogen (secondary N) is 2. The lowest BCUT2D eigenvalue weighted by atomic mass is 10.1. The number of anilines is 1. The molecular formula is C14H17BrN4O.